The topological polar surface area (TPSA) is 75.2 Å². The monoisotopic (exact) mass is 338 g/mol. The molecule has 0 amide bonds. The second-order valence-corrected chi connectivity index (χ2v) is 8.22. The number of anilines is 2. The van der Waals surface area contributed by atoms with Gasteiger partial charge in [0.25, 0.3) is 10.0 Å². The number of nitrogens with one attached hydrogen (secondary N) is 1. The van der Waals surface area contributed by atoms with E-state index in [1.54, 1.807) is 6.07 Å². The Bertz CT molecular complexity index is 734. The molecule has 0 bridgehead atoms. The van der Waals surface area contributed by atoms with Gasteiger partial charge in [0.15, 0.2) is 0 Å². The van der Waals surface area contributed by atoms with Gasteiger partial charge in [0.1, 0.15) is 4.21 Å². The van der Waals surface area contributed by atoms with Crippen LogP contribution in [0, 0.1) is 0 Å². The molecular weight excluding hydrogens is 320 g/mol. The van der Waals surface area contributed by atoms with Crippen molar-refractivity contribution < 1.29 is 8.42 Å². The summed E-state index contributed by atoms with van der Waals surface area (Å²) >= 11 is 1.28. The Morgan fingerprint density at radius 3 is 2.50 bits per heavy atom. The highest BCUT2D eigenvalue weighted by molar-refractivity contribution is 7.94. The van der Waals surface area contributed by atoms with Gasteiger partial charge in [0, 0.05) is 18.0 Å². The first-order valence-electron chi connectivity index (χ1n) is 7.27. The maximum Gasteiger partial charge on any atom is 0.271 e. The van der Waals surface area contributed by atoms with Crippen molar-refractivity contribution in [3.63, 3.8) is 0 Å². The van der Waals surface area contributed by atoms with Crippen molar-refractivity contribution in [1.82, 2.24) is 9.97 Å². The Balaban J connectivity index is 1.74. The van der Waals surface area contributed by atoms with Gasteiger partial charge >= 0.3 is 0 Å². The molecule has 1 N–H and O–H groups in total. The van der Waals surface area contributed by atoms with Crippen molar-refractivity contribution in [2.45, 2.75) is 30.4 Å². The zero-order valence-corrected chi connectivity index (χ0v) is 14.0. The van der Waals surface area contributed by atoms with E-state index < -0.39 is 10.0 Å². The molecule has 22 heavy (non-hydrogen) atoms. The molecule has 0 spiro atoms. The average Bonchev–Trinajstić information content (AvgIpc) is 3.19. The standard InChI is InChI=1S/C14H18N4O2S2/c1-2-12-5-6-13(21-12)22(19,20)17-11-9-15-14(16-10-11)18-7-3-4-8-18/h5-6,9-10,17H,2-4,7-8H2,1H3. The van der Waals surface area contributed by atoms with Gasteiger partial charge in [-0.1, -0.05) is 6.92 Å². The first-order valence-corrected chi connectivity index (χ1v) is 9.57. The van der Waals surface area contributed by atoms with Crippen LogP contribution >= 0.6 is 11.3 Å². The Morgan fingerprint density at radius 2 is 1.91 bits per heavy atom. The lowest BCUT2D eigenvalue weighted by molar-refractivity contribution is 0.603. The van der Waals surface area contributed by atoms with Crippen LogP contribution in [0.4, 0.5) is 11.6 Å². The van der Waals surface area contributed by atoms with Crippen molar-refractivity contribution in [3.05, 3.63) is 29.4 Å². The Kier molecular flexibility index (Phi) is 4.30. The molecule has 2 aromatic rings. The predicted octanol–water partition coefficient (Wildman–Crippen LogP) is 2.50. The van der Waals surface area contributed by atoms with E-state index in [1.807, 2.05) is 13.0 Å². The van der Waals surface area contributed by atoms with E-state index in [1.165, 1.54) is 23.7 Å². The number of sulfonamides is 1. The molecule has 1 aliphatic rings. The van der Waals surface area contributed by atoms with E-state index in [2.05, 4.69) is 19.6 Å². The van der Waals surface area contributed by atoms with Gasteiger partial charge in [0.2, 0.25) is 5.95 Å². The van der Waals surface area contributed by atoms with Gasteiger partial charge in [-0.05, 0) is 31.4 Å². The minimum atomic E-state index is -3.56. The SMILES string of the molecule is CCc1ccc(S(=O)(=O)Nc2cnc(N3CCCC3)nc2)s1. The molecule has 0 saturated carbocycles. The van der Waals surface area contributed by atoms with Gasteiger partial charge in [-0.25, -0.2) is 18.4 Å². The van der Waals surface area contributed by atoms with Crippen molar-refractivity contribution in [3.8, 4) is 0 Å². The summed E-state index contributed by atoms with van der Waals surface area (Å²) < 4.78 is 27.5. The summed E-state index contributed by atoms with van der Waals surface area (Å²) in [7, 11) is -3.56. The van der Waals surface area contributed by atoms with Crippen LogP contribution in [0.2, 0.25) is 0 Å². The van der Waals surface area contributed by atoms with Gasteiger partial charge in [-0.15, -0.1) is 11.3 Å². The van der Waals surface area contributed by atoms with Crippen molar-refractivity contribution >= 4 is 33.0 Å². The smallest absolute Gasteiger partial charge is 0.271 e. The average molecular weight is 338 g/mol. The largest absolute Gasteiger partial charge is 0.341 e. The molecule has 1 saturated heterocycles. The van der Waals surface area contributed by atoms with E-state index in [0.29, 0.717) is 15.8 Å². The molecule has 0 aromatic carbocycles. The van der Waals surface area contributed by atoms with E-state index in [9.17, 15) is 8.42 Å². The normalized spacial score (nSPS) is 15.2. The Hall–Kier alpha value is -1.67. The summed E-state index contributed by atoms with van der Waals surface area (Å²) in [4.78, 5) is 11.6. The quantitative estimate of drug-likeness (QED) is 0.906. The lowest BCUT2D eigenvalue weighted by atomic mass is 10.4. The second kappa shape index (κ2) is 6.21. The first-order chi connectivity index (χ1) is 10.6. The molecule has 2 aromatic heterocycles. The van der Waals surface area contributed by atoms with E-state index in [0.717, 1.165) is 37.2 Å². The van der Waals surface area contributed by atoms with E-state index in [-0.39, 0.29) is 0 Å². The molecular formula is C14H18N4O2S2. The van der Waals surface area contributed by atoms with E-state index >= 15 is 0 Å². The molecule has 1 aliphatic heterocycles. The predicted molar refractivity (Wildman–Crippen MR) is 88.0 cm³/mol. The highest BCUT2D eigenvalue weighted by Crippen LogP contribution is 2.24. The van der Waals surface area contributed by atoms with Crippen molar-refractivity contribution in [2.75, 3.05) is 22.7 Å². The fraction of sp³-hybridized carbons (Fsp3) is 0.429. The molecule has 6 nitrogen and oxygen atoms in total. The van der Waals surface area contributed by atoms with Crippen LogP contribution in [0.25, 0.3) is 0 Å². The summed E-state index contributed by atoms with van der Waals surface area (Å²) in [6, 6.07) is 3.47. The van der Waals surface area contributed by atoms with Crippen molar-refractivity contribution in [2.24, 2.45) is 0 Å². The zero-order chi connectivity index (χ0) is 15.6. The molecule has 0 unspecified atom stereocenters. The summed E-state index contributed by atoms with van der Waals surface area (Å²) in [5.74, 6) is 0.657. The minimum absolute atomic E-state index is 0.313. The molecule has 1 fully saturated rings. The Morgan fingerprint density at radius 1 is 1.23 bits per heavy atom. The van der Waals surface area contributed by atoms with Crippen molar-refractivity contribution in [1.29, 1.82) is 0 Å². The first kappa shape index (κ1) is 15.2. The molecule has 118 valence electrons. The summed E-state index contributed by atoms with van der Waals surface area (Å²) in [5, 5.41) is 0. The molecule has 3 heterocycles. The van der Waals surface area contributed by atoms with Gasteiger partial charge in [-0.3, -0.25) is 4.72 Å². The number of hydrogen-bond donors (Lipinski definition) is 1. The molecule has 0 atom stereocenters. The van der Waals surface area contributed by atoms with Crippen LogP contribution < -0.4 is 9.62 Å². The number of aromatic nitrogens is 2. The number of aryl methyl sites for hydroxylation is 1. The third kappa shape index (κ3) is 3.22. The van der Waals surface area contributed by atoms with Gasteiger partial charge in [-0.2, -0.15) is 0 Å². The summed E-state index contributed by atoms with van der Waals surface area (Å²) in [6.45, 7) is 3.92. The molecule has 0 aliphatic carbocycles. The molecule has 3 rings (SSSR count). The van der Waals surface area contributed by atoms with Crippen LogP contribution in [-0.2, 0) is 16.4 Å². The van der Waals surface area contributed by atoms with Gasteiger partial charge < -0.3 is 4.90 Å². The molecule has 8 heteroatoms. The minimum Gasteiger partial charge on any atom is -0.341 e. The summed E-state index contributed by atoms with van der Waals surface area (Å²) in [6.07, 6.45) is 6.17. The van der Waals surface area contributed by atoms with Crippen LogP contribution in [0.15, 0.2) is 28.7 Å². The third-order valence-corrected chi connectivity index (χ3v) is 6.63. The maximum absolute atomic E-state index is 12.3. The maximum atomic E-state index is 12.3. The number of nitrogens with zero attached hydrogens (tertiary/aromatic N) is 3. The Labute approximate surface area is 134 Å². The highest BCUT2D eigenvalue weighted by atomic mass is 32.2. The lowest BCUT2D eigenvalue weighted by Gasteiger charge is -2.14. The van der Waals surface area contributed by atoms with Crippen LogP contribution in [0.3, 0.4) is 0 Å². The number of thiophene rings is 1. The molecule has 0 radical (unpaired) electrons. The van der Waals surface area contributed by atoms with Crippen LogP contribution in [0.1, 0.15) is 24.6 Å². The zero-order valence-electron chi connectivity index (χ0n) is 12.3. The van der Waals surface area contributed by atoms with Gasteiger partial charge in [0.05, 0.1) is 18.1 Å². The van der Waals surface area contributed by atoms with Crippen LogP contribution in [0.5, 0.6) is 0 Å². The third-order valence-electron chi connectivity index (χ3n) is 3.53. The van der Waals surface area contributed by atoms with Crippen LogP contribution in [-0.4, -0.2) is 31.5 Å². The highest BCUT2D eigenvalue weighted by Gasteiger charge is 2.18. The van der Waals surface area contributed by atoms with E-state index in [4.69, 9.17) is 0 Å². The fourth-order valence-corrected chi connectivity index (χ4v) is 4.68. The fourth-order valence-electron chi connectivity index (χ4n) is 2.35. The number of rotatable bonds is 5. The number of hydrogen-bond acceptors (Lipinski definition) is 6. The second-order valence-electron chi connectivity index (χ2n) is 5.15. The summed E-state index contributed by atoms with van der Waals surface area (Å²) in [5.41, 5.74) is 0.384. The lowest BCUT2D eigenvalue weighted by Crippen LogP contribution is -2.20.